The van der Waals surface area contributed by atoms with Crippen LogP contribution in [0.5, 0.6) is 0 Å². The van der Waals surface area contributed by atoms with Gasteiger partial charge in [0.1, 0.15) is 6.04 Å². The summed E-state index contributed by atoms with van der Waals surface area (Å²) in [5, 5.41) is 11.7. The van der Waals surface area contributed by atoms with Gasteiger partial charge in [-0.25, -0.2) is 0 Å². The van der Waals surface area contributed by atoms with Gasteiger partial charge < -0.3 is 15.3 Å². The summed E-state index contributed by atoms with van der Waals surface area (Å²) in [5.41, 5.74) is 0. The standard InChI is InChI=1S/C11H22N2O2/c1-3-7-13(9-4-5-9)8-6-10(12-2)11(14)15/h9-10,12H,3-8H2,1-2H3,(H,14,15). The van der Waals surface area contributed by atoms with Crippen molar-refractivity contribution in [3.63, 3.8) is 0 Å². The quantitative estimate of drug-likeness (QED) is 0.631. The monoisotopic (exact) mass is 214 g/mol. The molecule has 0 radical (unpaired) electrons. The Bertz CT molecular complexity index is 205. The Morgan fingerprint density at radius 1 is 1.53 bits per heavy atom. The summed E-state index contributed by atoms with van der Waals surface area (Å²) in [5.74, 6) is -0.746. The molecule has 88 valence electrons. The average Bonchev–Trinajstić information content (AvgIpc) is 3.00. The predicted molar refractivity (Wildman–Crippen MR) is 60.0 cm³/mol. The molecule has 0 aromatic heterocycles. The van der Waals surface area contributed by atoms with Crippen LogP contribution in [0.4, 0.5) is 0 Å². The summed E-state index contributed by atoms with van der Waals surface area (Å²) >= 11 is 0. The van der Waals surface area contributed by atoms with Crippen LogP contribution in [-0.4, -0.2) is 48.2 Å². The molecule has 15 heavy (non-hydrogen) atoms. The number of nitrogens with one attached hydrogen (secondary N) is 1. The van der Waals surface area contributed by atoms with Crippen molar-refractivity contribution < 1.29 is 9.90 Å². The smallest absolute Gasteiger partial charge is 0.320 e. The Morgan fingerprint density at radius 2 is 2.20 bits per heavy atom. The number of nitrogens with zero attached hydrogens (tertiary/aromatic N) is 1. The van der Waals surface area contributed by atoms with Gasteiger partial charge in [-0.2, -0.15) is 0 Å². The molecular formula is C11H22N2O2. The minimum atomic E-state index is -0.746. The molecule has 4 nitrogen and oxygen atoms in total. The zero-order chi connectivity index (χ0) is 11.3. The van der Waals surface area contributed by atoms with Crippen LogP contribution in [0.25, 0.3) is 0 Å². The Hall–Kier alpha value is -0.610. The van der Waals surface area contributed by atoms with Crippen molar-refractivity contribution in [2.24, 2.45) is 0 Å². The van der Waals surface area contributed by atoms with Crippen molar-refractivity contribution in [3.8, 4) is 0 Å². The van der Waals surface area contributed by atoms with Crippen LogP contribution < -0.4 is 5.32 Å². The van der Waals surface area contributed by atoms with E-state index >= 15 is 0 Å². The van der Waals surface area contributed by atoms with Gasteiger partial charge in [0.05, 0.1) is 0 Å². The summed E-state index contributed by atoms with van der Waals surface area (Å²) in [4.78, 5) is 13.2. The number of carbonyl (C=O) groups is 1. The van der Waals surface area contributed by atoms with Crippen molar-refractivity contribution in [1.82, 2.24) is 10.2 Å². The average molecular weight is 214 g/mol. The SMILES string of the molecule is CCCN(CCC(NC)C(=O)O)C1CC1. The molecule has 0 spiro atoms. The highest BCUT2D eigenvalue weighted by atomic mass is 16.4. The molecule has 1 atom stereocenters. The Kier molecular flexibility index (Phi) is 5.05. The second kappa shape index (κ2) is 6.08. The van der Waals surface area contributed by atoms with Gasteiger partial charge >= 0.3 is 5.97 Å². The third-order valence-corrected chi connectivity index (χ3v) is 2.93. The number of carboxylic acid groups (broad SMARTS) is 1. The number of carboxylic acids is 1. The van der Waals surface area contributed by atoms with Crippen molar-refractivity contribution in [1.29, 1.82) is 0 Å². The van der Waals surface area contributed by atoms with Crippen molar-refractivity contribution in [3.05, 3.63) is 0 Å². The number of rotatable bonds is 8. The van der Waals surface area contributed by atoms with Crippen LogP contribution >= 0.6 is 0 Å². The second-order valence-corrected chi connectivity index (χ2v) is 4.24. The lowest BCUT2D eigenvalue weighted by atomic mass is 10.2. The molecule has 1 saturated carbocycles. The van der Waals surface area contributed by atoms with E-state index in [1.165, 1.54) is 12.8 Å². The molecule has 4 heteroatoms. The largest absolute Gasteiger partial charge is 0.480 e. The molecule has 1 unspecified atom stereocenters. The molecule has 0 aliphatic heterocycles. The van der Waals surface area contributed by atoms with E-state index in [0.717, 1.165) is 25.6 Å². The normalized spacial score (nSPS) is 18.1. The van der Waals surface area contributed by atoms with E-state index in [2.05, 4.69) is 17.1 Å². The fourth-order valence-electron chi connectivity index (χ4n) is 1.89. The predicted octanol–water partition coefficient (Wildman–Crippen LogP) is 0.923. The maximum absolute atomic E-state index is 10.8. The molecule has 0 bridgehead atoms. The van der Waals surface area contributed by atoms with Crippen molar-refractivity contribution in [2.45, 2.75) is 44.7 Å². The van der Waals surface area contributed by atoms with Gasteiger partial charge in [0.25, 0.3) is 0 Å². The van der Waals surface area contributed by atoms with E-state index < -0.39 is 12.0 Å². The van der Waals surface area contributed by atoms with E-state index in [1.54, 1.807) is 7.05 Å². The van der Waals surface area contributed by atoms with Crippen molar-refractivity contribution in [2.75, 3.05) is 20.1 Å². The lowest BCUT2D eigenvalue weighted by molar-refractivity contribution is -0.139. The maximum Gasteiger partial charge on any atom is 0.320 e. The van der Waals surface area contributed by atoms with Crippen LogP contribution in [-0.2, 0) is 4.79 Å². The maximum atomic E-state index is 10.8. The van der Waals surface area contributed by atoms with Gasteiger partial charge in [0.2, 0.25) is 0 Å². The fourth-order valence-corrected chi connectivity index (χ4v) is 1.89. The van der Waals surface area contributed by atoms with Gasteiger partial charge in [-0.15, -0.1) is 0 Å². The fraction of sp³-hybridized carbons (Fsp3) is 0.909. The number of hydrogen-bond acceptors (Lipinski definition) is 3. The topological polar surface area (TPSA) is 52.6 Å². The lowest BCUT2D eigenvalue weighted by Crippen LogP contribution is -2.38. The first-order valence-electron chi connectivity index (χ1n) is 5.83. The van der Waals surface area contributed by atoms with E-state index in [0.29, 0.717) is 6.42 Å². The lowest BCUT2D eigenvalue weighted by Gasteiger charge is -2.22. The Balaban J connectivity index is 2.28. The molecule has 0 saturated heterocycles. The minimum Gasteiger partial charge on any atom is -0.480 e. The van der Waals surface area contributed by atoms with E-state index in [1.807, 2.05) is 0 Å². The van der Waals surface area contributed by atoms with Crippen LogP contribution in [0, 0.1) is 0 Å². The minimum absolute atomic E-state index is 0.400. The van der Waals surface area contributed by atoms with Gasteiger partial charge in [0, 0.05) is 12.6 Å². The third kappa shape index (κ3) is 4.18. The van der Waals surface area contributed by atoms with Crippen LogP contribution in [0.3, 0.4) is 0 Å². The van der Waals surface area contributed by atoms with E-state index in [-0.39, 0.29) is 0 Å². The first kappa shape index (κ1) is 12.5. The summed E-state index contributed by atoms with van der Waals surface area (Å²) in [6.07, 6.45) is 4.42. The zero-order valence-electron chi connectivity index (χ0n) is 9.70. The summed E-state index contributed by atoms with van der Waals surface area (Å²) in [6, 6.07) is 0.333. The van der Waals surface area contributed by atoms with Crippen LogP contribution in [0.1, 0.15) is 32.6 Å². The molecular weight excluding hydrogens is 192 g/mol. The van der Waals surface area contributed by atoms with E-state index in [9.17, 15) is 4.79 Å². The molecule has 0 aromatic carbocycles. The molecule has 0 aromatic rings. The summed E-state index contributed by atoms with van der Waals surface area (Å²) in [6.45, 7) is 4.17. The van der Waals surface area contributed by atoms with Crippen LogP contribution in [0.2, 0.25) is 0 Å². The highest BCUT2D eigenvalue weighted by molar-refractivity contribution is 5.73. The molecule has 0 amide bonds. The molecule has 2 N–H and O–H groups in total. The molecule has 0 heterocycles. The van der Waals surface area contributed by atoms with Crippen molar-refractivity contribution >= 4 is 5.97 Å². The molecule has 1 fully saturated rings. The molecule has 1 aliphatic rings. The zero-order valence-corrected chi connectivity index (χ0v) is 9.70. The highest BCUT2D eigenvalue weighted by Gasteiger charge is 2.28. The number of hydrogen-bond donors (Lipinski definition) is 2. The van der Waals surface area contributed by atoms with Gasteiger partial charge in [-0.1, -0.05) is 6.92 Å². The third-order valence-electron chi connectivity index (χ3n) is 2.93. The Labute approximate surface area is 91.6 Å². The Morgan fingerprint density at radius 3 is 2.60 bits per heavy atom. The summed E-state index contributed by atoms with van der Waals surface area (Å²) in [7, 11) is 1.71. The number of aliphatic carboxylic acids is 1. The second-order valence-electron chi connectivity index (χ2n) is 4.24. The highest BCUT2D eigenvalue weighted by Crippen LogP contribution is 2.27. The first-order valence-corrected chi connectivity index (χ1v) is 5.83. The molecule has 1 aliphatic carbocycles. The van der Waals surface area contributed by atoms with Gasteiger partial charge in [-0.05, 0) is 39.3 Å². The summed E-state index contributed by atoms with van der Waals surface area (Å²) < 4.78 is 0. The first-order chi connectivity index (χ1) is 7.19. The number of likely N-dealkylation sites (N-methyl/N-ethyl adjacent to an activating group) is 1. The molecule has 1 rings (SSSR count). The van der Waals surface area contributed by atoms with Gasteiger partial charge in [0.15, 0.2) is 0 Å². The van der Waals surface area contributed by atoms with E-state index in [4.69, 9.17) is 5.11 Å². The van der Waals surface area contributed by atoms with Crippen LogP contribution in [0.15, 0.2) is 0 Å². The van der Waals surface area contributed by atoms with Gasteiger partial charge in [-0.3, -0.25) is 4.79 Å².